The average Bonchev–Trinajstić information content (AvgIpc) is 3.15. The van der Waals surface area contributed by atoms with E-state index in [9.17, 15) is 19.2 Å². The van der Waals surface area contributed by atoms with Gasteiger partial charge in [0.1, 0.15) is 6.10 Å². The molecule has 0 N–H and O–H groups in total. The SMILES string of the molecule is CCC(C)(CC(C)(C)C(=O)OC1CC2(C)CCC1C2(C)C)C(=O)OC1CC(=O)OC1=O. The molecule has 0 aromatic carbocycles. The topological polar surface area (TPSA) is 96.0 Å². The van der Waals surface area contributed by atoms with E-state index in [1.54, 1.807) is 20.8 Å². The molecule has 3 aliphatic rings. The Morgan fingerprint density at radius 2 is 1.74 bits per heavy atom. The van der Waals surface area contributed by atoms with Gasteiger partial charge in [-0.05, 0) is 63.7 Å². The van der Waals surface area contributed by atoms with E-state index >= 15 is 0 Å². The Balaban J connectivity index is 1.66. The smallest absolute Gasteiger partial charge is 0.355 e. The molecule has 174 valence electrons. The van der Waals surface area contributed by atoms with Crippen molar-refractivity contribution >= 4 is 23.9 Å². The first-order chi connectivity index (χ1) is 14.1. The molecule has 3 fully saturated rings. The Morgan fingerprint density at radius 3 is 2.19 bits per heavy atom. The van der Waals surface area contributed by atoms with Crippen molar-refractivity contribution in [1.29, 1.82) is 0 Å². The molecular formula is C24H36O7. The number of ether oxygens (including phenoxy) is 3. The third-order valence-corrected chi connectivity index (χ3v) is 8.59. The summed E-state index contributed by atoms with van der Waals surface area (Å²) in [5.74, 6) is -2.12. The minimum Gasteiger partial charge on any atom is -0.462 e. The van der Waals surface area contributed by atoms with Crippen LogP contribution in [0.25, 0.3) is 0 Å². The van der Waals surface area contributed by atoms with Gasteiger partial charge in [-0.1, -0.05) is 27.7 Å². The van der Waals surface area contributed by atoms with Gasteiger partial charge in [-0.25, -0.2) is 4.79 Å². The number of esters is 4. The molecule has 7 heteroatoms. The molecule has 7 nitrogen and oxygen atoms in total. The van der Waals surface area contributed by atoms with Crippen LogP contribution in [0.3, 0.4) is 0 Å². The third-order valence-electron chi connectivity index (χ3n) is 8.59. The molecule has 1 saturated heterocycles. The average molecular weight is 437 g/mol. The van der Waals surface area contributed by atoms with E-state index in [1.807, 2.05) is 6.92 Å². The molecule has 2 aliphatic carbocycles. The molecule has 31 heavy (non-hydrogen) atoms. The molecule has 0 amide bonds. The summed E-state index contributed by atoms with van der Waals surface area (Å²) in [6.07, 6.45) is 2.14. The molecule has 0 radical (unpaired) electrons. The highest BCUT2D eigenvalue weighted by atomic mass is 16.6. The van der Waals surface area contributed by atoms with E-state index in [2.05, 4.69) is 25.5 Å². The number of rotatable bonds is 7. The van der Waals surface area contributed by atoms with Crippen molar-refractivity contribution in [3.63, 3.8) is 0 Å². The lowest BCUT2D eigenvalue weighted by Gasteiger charge is -2.35. The monoisotopic (exact) mass is 436 g/mol. The summed E-state index contributed by atoms with van der Waals surface area (Å²) < 4.78 is 15.8. The first-order valence-electron chi connectivity index (χ1n) is 11.3. The first kappa shape index (κ1) is 23.7. The molecule has 0 aromatic rings. The first-order valence-corrected chi connectivity index (χ1v) is 11.3. The predicted molar refractivity (Wildman–Crippen MR) is 112 cm³/mol. The lowest BCUT2D eigenvalue weighted by atomic mass is 9.71. The van der Waals surface area contributed by atoms with Crippen LogP contribution in [-0.4, -0.2) is 36.1 Å². The standard InChI is InChI=1S/C24H36O7/c1-8-23(6,20(28)29-15-11-17(25)31-18(15)26)13-21(2,3)19(27)30-16-12-24(7)10-9-14(16)22(24,4)5/h14-16H,8-13H2,1-7H3. The lowest BCUT2D eigenvalue weighted by Crippen LogP contribution is -2.41. The molecule has 1 aliphatic heterocycles. The molecule has 1 heterocycles. The number of carbonyl (C=O) groups excluding carboxylic acids is 4. The lowest BCUT2D eigenvalue weighted by molar-refractivity contribution is -0.174. The normalized spacial score (nSPS) is 33.7. The maximum absolute atomic E-state index is 13.2. The van der Waals surface area contributed by atoms with Gasteiger partial charge in [0, 0.05) is 5.92 Å². The zero-order valence-electron chi connectivity index (χ0n) is 19.8. The summed E-state index contributed by atoms with van der Waals surface area (Å²) in [7, 11) is 0. The van der Waals surface area contributed by atoms with Crippen LogP contribution >= 0.6 is 0 Å². The van der Waals surface area contributed by atoms with Crippen molar-refractivity contribution in [2.45, 2.75) is 99.2 Å². The number of hydrogen-bond donors (Lipinski definition) is 0. The van der Waals surface area contributed by atoms with Gasteiger partial charge in [-0.3, -0.25) is 14.4 Å². The highest BCUT2D eigenvalue weighted by Crippen LogP contribution is 2.66. The Labute approximate surface area is 184 Å². The van der Waals surface area contributed by atoms with Crippen molar-refractivity contribution < 1.29 is 33.4 Å². The van der Waals surface area contributed by atoms with Crippen LogP contribution in [0.5, 0.6) is 0 Å². The molecule has 0 spiro atoms. The van der Waals surface area contributed by atoms with Gasteiger partial charge in [-0.15, -0.1) is 0 Å². The molecule has 0 aromatic heterocycles. The maximum Gasteiger partial charge on any atom is 0.355 e. The van der Waals surface area contributed by atoms with Gasteiger partial charge in [0.2, 0.25) is 6.10 Å². The van der Waals surface area contributed by atoms with E-state index in [0.717, 1.165) is 19.3 Å². The van der Waals surface area contributed by atoms with Crippen LogP contribution in [0.1, 0.15) is 87.0 Å². The summed E-state index contributed by atoms with van der Waals surface area (Å²) in [5, 5.41) is 0. The fourth-order valence-corrected chi connectivity index (χ4v) is 5.83. The minimum atomic E-state index is -1.21. The van der Waals surface area contributed by atoms with Gasteiger partial charge in [-0.2, -0.15) is 0 Å². The Bertz CT molecular complexity index is 795. The van der Waals surface area contributed by atoms with E-state index in [4.69, 9.17) is 9.47 Å². The largest absolute Gasteiger partial charge is 0.462 e. The van der Waals surface area contributed by atoms with Crippen molar-refractivity contribution in [2.24, 2.45) is 27.6 Å². The second kappa shape index (κ2) is 7.59. The summed E-state index contributed by atoms with van der Waals surface area (Å²) in [5.41, 5.74) is -1.60. The molecule has 2 bridgehead atoms. The van der Waals surface area contributed by atoms with Gasteiger partial charge in [0.15, 0.2) is 0 Å². The summed E-state index contributed by atoms with van der Waals surface area (Å²) in [4.78, 5) is 49.0. The Morgan fingerprint density at radius 1 is 1.10 bits per heavy atom. The van der Waals surface area contributed by atoms with Gasteiger partial charge < -0.3 is 14.2 Å². The van der Waals surface area contributed by atoms with Crippen LogP contribution in [0.15, 0.2) is 0 Å². The maximum atomic E-state index is 13.2. The summed E-state index contributed by atoms with van der Waals surface area (Å²) >= 11 is 0. The van der Waals surface area contributed by atoms with Crippen LogP contribution in [0.2, 0.25) is 0 Å². The van der Waals surface area contributed by atoms with Crippen LogP contribution < -0.4 is 0 Å². The highest BCUT2D eigenvalue weighted by molar-refractivity contribution is 5.97. The quantitative estimate of drug-likeness (QED) is 0.338. The molecule has 3 rings (SSSR count). The zero-order valence-corrected chi connectivity index (χ0v) is 19.8. The molecule has 5 atom stereocenters. The van der Waals surface area contributed by atoms with Crippen molar-refractivity contribution in [3.05, 3.63) is 0 Å². The number of carbonyl (C=O) groups is 4. The van der Waals surface area contributed by atoms with E-state index in [-0.39, 0.29) is 35.7 Å². The van der Waals surface area contributed by atoms with Crippen molar-refractivity contribution in [3.8, 4) is 0 Å². The van der Waals surface area contributed by atoms with Crippen molar-refractivity contribution in [2.75, 3.05) is 0 Å². The highest BCUT2D eigenvalue weighted by Gasteiger charge is 2.62. The van der Waals surface area contributed by atoms with Gasteiger partial charge in [0.25, 0.3) is 0 Å². The summed E-state index contributed by atoms with van der Waals surface area (Å²) in [6, 6.07) is 0. The Kier molecular flexibility index (Phi) is 5.81. The van der Waals surface area contributed by atoms with E-state index in [1.165, 1.54) is 0 Å². The Hall–Kier alpha value is -1.92. The minimum absolute atomic E-state index is 0.0976. The number of fused-ring (bicyclic) bond motifs is 2. The van der Waals surface area contributed by atoms with Gasteiger partial charge in [0.05, 0.1) is 17.3 Å². The molecule has 2 saturated carbocycles. The van der Waals surface area contributed by atoms with E-state index in [0.29, 0.717) is 12.3 Å². The van der Waals surface area contributed by atoms with E-state index < -0.39 is 34.8 Å². The zero-order chi connectivity index (χ0) is 23.4. The van der Waals surface area contributed by atoms with Crippen LogP contribution in [-0.2, 0) is 33.4 Å². The number of cyclic esters (lactones) is 2. The third kappa shape index (κ3) is 4.00. The number of hydrogen-bond acceptors (Lipinski definition) is 7. The molecule has 5 unspecified atom stereocenters. The van der Waals surface area contributed by atoms with Crippen LogP contribution in [0, 0.1) is 27.6 Å². The fourth-order valence-electron chi connectivity index (χ4n) is 5.83. The van der Waals surface area contributed by atoms with Crippen molar-refractivity contribution in [1.82, 2.24) is 0 Å². The second-order valence-electron chi connectivity index (χ2n) is 11.4. The summed E-state index contributed by atoms with van der Waals surface area (Å²) in [6.45, 7) is 13.9. The molecular weight excluding hydrogens is 400 g/mol. The van der Waals surface area contributed by atoms with Crippen LogP contribution in [0.4, 0.5) is 0 Å². The predicted octanol–water partition coefficient (Wildman–Crippen LogP) is 3.96. The van der Waals surface area contributed by atoms with Gasteiger partial charge >= 0.3 is 23.9 Å². The second-order valence-corrected chi connectivity index (χ2v) is 11.4. The fraction of sp³-hybridized carbons (Fsp3) is 0.833.